The molecule has 0 aliphatic heterocycles. The van der Waals surface area contributed by atoms with Gasteiger partial charge >= 0.3 is 0 Å². The summed E-state index contributed by atoms with van der Waals surface area (Å²) in [5.74, 6) is 0. The molecule has 78 valence electrons. The van der Waals surface area contributed by atoms with Crippen molar-refractivity contribution in [2.24, 2.45) is 0 Å². The van der Waals surface area contributed by atoms with Crippen molar-refractivity contribution in [1.29, 1.82) is 0 Å². The molecular formula is C10H8ClNO3. The van der Waals surface area contributed by atoms with Gasteiger partial charge < -0.3 is 4.79 Å². The molecule has 0 spiro atoms. The molecule has 0 atom stereocenters. The number of aldehydes is 1. The van der Waals surface area contributed by atoms with Gasteiger partial charge in [-0.25, -0.2) is 0 Å². The maximum absolute atomic E-state index is 10.9. The van der Waals surface area contributed by atoms with Gasteiger partial charge in [0.1, 0.15) is 6.29 Å². The van der Waals surface area contributed by atoms with Crippen LogP contribution in [0.5, 0.6) is 0 Å². The average molecular weight is 226 g/mol. The summed E-state index contributed by atoms with van der Waals surface area (Å²) in [7, 11) is 0. The Morgan fingerprint density at radius 2 is 2.13 bits per heavy atom. The SMILES string of the molecule is O=CC1(c2c(Cl)cccc2[N+](=O)[O-])CC1. The summed E-state index contributed by atoms with van der Waals surface area (Å²) in [6.45, 7) is 0. The van der Waals surface area contributed by atoms with E-state index in [4.69, 9.17) is 11.6 Å². The minimum absolute atomic E-state index is 0.0629. The average Bonchev–Trinajstić information content (AvgIpc) is 2.98. The van der Waals surface area contributed by atoms with E-state index in [-0.39, 0.29) is 5.69 Å². The van der Waals surface area contributed by atoms with Crippen LogP contribution >= 0.6 is 11.6 Å². The Labute approximate surface area is 91.0 Å². The van der Waals surface area contributed by atoms with Crippen LogP contribution in [0.2, 0.25) is 5.02 Å². The molecule has 1 aliphatic carbocycles. The van der Waals surface area contributed by atoms with Gasteiger partial charge in [0.15, 0.2) is 0 Å². The Balaban J connectivity index is 2.63. The first-order valence-corrected chi connectivity index (χ1v) is 4.88. The van der Waals surface area contributed by atoms with Crippen LogP contribution in [-0.2, 0) is 10.2 Å². The molecule has 0 aromatic heterocycles. The van der Waals surface area contributed by atoms with Crippen LogP contribution in [0, 0.1) is 10.1 Å². The molecule has 15 heavy (non-hydrogen) atoms. The Bertz CT molecular complexity index is 440. The van der Waals surface area contributed by atoms with Crippen molar-refractivity contribution < 1.29 is 9.72 Å². The molecule has 0 radical (unpaired) electrons. The predicted octanol–water partition coefficient (Wildman–Crippen LogP) is 2.48. The molecule has 1 aromatic rings. The molecule has 1 fully saturated rings. The topological polar surface area (TPSA) is 60.2 Å². The third-order valence-corrected chi connectivity index (χ3v) is 3.02. The highest BCUT2D eigenvalue weighted by Gasteiger charge is 2.49. The fourth-order valence-corrected chi connectivity index (χ4v) is 2.08. The Morgan fingerprint density at radius 3 is 2.60 bits per heavy atom. The van der Waals surface area contributed by atoms with Gasteiger partial charge in [0.25, 0.3) is 5.69 Å². The minimum atomic E-state index is -0.708. The summed E-state index contributed by atoms with van der Waals surface area (Å²) in [5.41, 5.74) is -0.403. The largest absolute Gasteiger partial charge is 0.302 e. The summed E-state index contributed by atoms with van der Waals surface area (Å²) in [4.78, 5) is 21.2. The van der Waals surface area contributed by atoms with E-state index in [1.165, 1.54) is 12.1 Å². The molecule has 1 saturated carbocycles. The highest BCUT2D eigenvalue weighted by molar-refractivity contribution is 6.32. The molecule has 0 bridgehead atoms. The second-order valence-corrected chi connectivity index (χ2v) is 4.07. The summed E-state index contributed by atoms with van der Waals surface area (Å²) < 4.78 is 0. The van der Waals surface area contributed by atoms with E-state index in [0.717, 1.165) is 6.29 Å². The highest BCUT2D eigenvalue weighted by Crippen LogP contribution is 2.51. The van der Waals surface area contributed by atoms with Gasteiger partial charge in [0, 0.05) is 6.07 Å². The lowest BCUT2D eigenvalue weighted by atomic mass is 9.96. The molecule has 0 N–H and O–H groups in total. The fraction of sp³-hybridized carbons (Fsp3) is 0.300. The Hall–Kier alpha value is -1.42. The quantitative estimate of drug-likeness (QED) is 0.451. The third-order valence-electron chi connectivity index (χ3n) is 2.70. The van der Waals surface area contributed by atoms with E-state index in [0.29, 0.717) is 23.4 Å². The van der Waals surface area contributed by atoms with Gasteiger partial charge in [-0.15, -0.1) is 0 Å². The molecule has 5 heteroatoms. The van der Waals surface area contributed by atoms with Gasteiger partial charge in [0.05, 0.1) is 20.9 Å². The molecule has 1 aromatic carbocycles. The van der Waals surface area contributed by atoms with Crippen LogP contribution in [0.25, 0.3) is 0 Å². The first-order chi connectivity index (χ1) is 7.10. The van der Waals surface area contributed by atoms with E-state index >= 15 is 0 Å². The smallest absolute Gasteiger partial charge is 0.275 e. The fourth-order valence-electron chi connectivity index (χ4n) is 1.72. The number of carbonyl (C=O) groups excluding carboxylic acids is 1. The number of hydrogen-bond acceptors (Lipinski definition) is 3. The van der Waals surface area contributed by atoms with Crippen LogP contribution < -0.4 is 0 Å². The zero-order chi connectivity index (χ0) is 11.1. The van der Waals surface area contributed by atoms with Crippen LogP contribution in [0.1, 0.15) is 18.4 Å². The van der Waals surface area contributed by atoms with E-state index in [1.807, 2.05) is 0 Å². The first-order valence-electron chi connectivity index (χ1n) is 4.50. The first kappa shape index (κ1) is 10.1. The Morgan fingerprint density at radius 1 is 1.47 bits per heavy atom. The second-order valence-electron chi connectivity index (χ2n) is 3.67. The van der Waals surface area contributed by atoms with Crippen LogP contribution in [0.3, 0.4) is 0 Å². The van der Waals surface area contributed by atoms with Gasteiger partial charge in [-0.3, -0.25) is 10.1 Å². The van der Waals surface area contributed by atoms with Crippen molar-refractivity contribution in [3.05, 3.63) is 38.9 Å². The molecule has 0 saturated heterocycles. The zero-order valence-corrected chi connectivity index (χ0v) is 8.53. The van der Waals surface area contributed by atoms with Crippen molar-refractivity contribution in [2.75, 3.05) is 0 Å². The van der Waals surface area contributed by atoms with Gasteiger partial charge in [-0.2, -0.15) is 0 Å². The number of rotatable bonds is 3. The van der Waals surface area contributed by atoms with E-state index in [9.17, 15) is 14.9 Å². The summed E-state index contributed by atoms with van der Waals surface area (Å²) in [6.07, 6.45) is 2.04. The summed E-state index contributed by atoms with van der Waals surface area (Å²) in [5, 5.41) is 11.1. The number of nitro groups is 1. The minimum Gasteiger partial charge on any atom is -0.302 e. The number of carbonyl (C=O) groups is 1. The molecule has 0 amide bonds. The second kappa shape index (κ2) is 3.31. The van der Waals surface area contributed by atoms with Crippen molar-refractivity contribution in [2.45, 2.75) is 18.3 Å². The standard InChI is InChI=1S/C10H8ClNO3/c11-7-2-1-3-8(12(14)15)9(7)10(6-13)4-5-10/h1-3,6H,4-5H2. The normalized spacial score (nSPS) is 17.1. The number of nitro benzene ring substituents is 1. The van der Waals surface area contributed by atoms with Crippen molar-refractivity contribution in [3.8, 4) is 0 Å². The van der Waals surface area contributed by atoms with Crippen molar-refractivity contribution in [3.63, 3.8) is 0 Å². The van der Waals surface area contributed by atoms with E-state index in [2.05, 4.69) is 0 Å². The lowest BCUT2D eigenvalue weighted by molar-refractivity contribution is -0.385. The van der Waals surface area contributed by atoms with Crippen LogP contribution in [-0.4, -0.2) is 11.2 Å². The maximum Gasteiger partial charge on any atom is 0.275 e. The van der Waals surface area contributed by atoms with Gasteiger partial charge in [0.2, 0.25) is 0 Å². The van der Waals surface area contributed by atoms with Crippen LogP contribution in [0.4, 0.5) is 5.69 Å². The lowest BCUT2D eigenvalue weighted by Crippen LogP contribution is -2.11. The van der Waals surface area contributed by atoms with Gasteiger partial charge in [-0.05, 0) is 18.9 Å². The Kier molecular flexibility index (Phi) is 2.23. The third kappa shape index (κ3) is 1.51. The van der Waals surface area contributed by atoms with E-state index in [1.54, 1.807) is 6.07 Å². The van der Waals surface area contributed by atoms with Crippen LogP contribution in [0.15, 0.2) is 18.2 Å². The summed E-state index contributed by atoms with van der Waals surface area (Å²) in [6, 6.07) is 4.48. The number of benzene rings is 1. The summed E-state index contributed by atoms with van der Waals surface area (Å²) >= 11 is 5.91. The zero-order valence-electron chi connectivity index (χ0n) is 7.77. The van der Waals surface area contributed by atoms with E-state index < -0.39 is 10.3 Å². The molecule has 4 nitrogen and oxygen atoms in total. The predicted molar refractivity (Wildman–Crippen MR) is 55.1 cm³/mol. The monoisotopic (exact) mass is 225 g/mol. The molecule has 0 heterocycles. The highest BCUT2D eigenvalue weighted by atomic mass is 35.5. The van der Waals surface area contributed by atoms with Gasteiger partial charge in [-0.1, -0.05) is 17.7 Å². The lowest BCUT2D eigenvalue weighted by Gasteiger charge is -2.09. The maximum atomic E-state index is 10.9. The number of halogens is 1. The molecular weight excluding hydrogens is 218 g/mol. The molecule has 2 rings (SSSR count). The molecule has 1 aliphatic rings. The van der Waals surface area contributed by atoms with Crippen molar-refractivity contribution in [1.82, 2.24) is 0 Å². The number of nitrogens with zero attached hydrogens (tertiary/aromatic N) is 1. The molecule has 0 unspecified atom stereocenters. The van der Waals surface area contributed by atoms with Crippen molar-refractivity contribution >= 4 is 23.6 Å². The number of hydrogen-bond donors (Lipinski definition) is 0.